The van der Waals surface area contributed by atoms with E-state index in [1.54, 1.807) is 0 Å². The van der Waals surface area contributed by atoms with Gasteiger partial charge in [0.05, 0.1) is 0 Å². The highest BCUT2D eigenvalue weighted by molar-refractivity contribution is 5.70. The molecular weight excluding hydrogens is 282 g/mol. The third-order valence-corrected chi connectivity index (χ3v) is 3.76. The van der Waals surface area contributed by atoms with Crippen LogP contribution in [0.5, 0.6) is 0 Å². The first-order valence-electron chi connectivity index (χ1n) is 9.04. The number of rotatable bonds is 6. The van der Waals surface area contributed by atoms with Gasteiger partial charge in [-0.05, 0) is 37.8 Å². The molecule has 0 aliphatic carbocycles. The molecule has 1 aromatic carbocycles. The lowest BCUT2D eigenvalue weighted by Crippen LogP contribution is -2.01. The Bertz CT molecular complexity index is 400. The summed E-state index contributed by atoms with van der Waals surface area (Å²) in [6, 6.07) is 6.50. The molecule has 0 saturated heterocycles. The molecule has 2 heteroatoms. The van der Waals surface area contributed by atoms with E-state index in [-0.39, 0.29) is 5.91 Å². The van der Waals surface area contributed by atoms with E-state index in [4.69, 9.17) is 0 Å². The number of carbonyl (C=O) groups excluding carboxylic acids is 1. The number of primary amides is 1. The van der Waals surface area contributed by atoms with Gasteiger partial charge in [0.25, 0.3) is 0 Å². The number of amides is 1. The van der Waals surface area contributed by atoms with E-state index in [1.807, 2.05) is 0 Å². The van der Waals surface area contributed by atoms with Gasteiger partial charge in [-0.15, -0.1) is 0 Å². The Morgan fingerprint density at radius 1 is 1.00 bits per heavy atom. The fourth-order valence-electron chi connectivity index (χ4n) is 2.14. The zero-order valence-corrected chi connectivity index (χ0v) is 16.5. The average Bonchev–Trinajstić information content (AvgIpc) is 2.47. The van der Waals surface area contributed by atoms with Crippen LogP contribution in [0.25, 0.3) is 0 Å². The SMILES string of the molecule is CC(N)=O.CCCCC(C)CCCC.Cc1ccc(C)c(C)c1. The summed E-state index contributed by atoms with van der Waals surface area (Å²) in [7, 11) is 0. The molecule has 0 fully saturated rings. The van der Waals surface area contributed by atoms with Gasteiger partial charge in [0.1, 0.15) is 0 Å². The molecule has 0 radical (unpaired) electrons. The standard InChI is InChI=1S/C10H22.C9H12.C2H5NO/c1-4-6-8-10(3)9-7-5-2;1-7-4-5-8(2)9(3)6-7;1-2(3)4/h10H,4-9H2,1-3H3;4-6H,1-3H3;1H3,(H2,3,4). The predicted octanol–water partition coefficient (Wildman–Crippen LogP) is 6.11. The largest absolute Gasteiger partial charge is 0.370 e. The zero-order valence-electron chi connectivity index (χ0n) is 16.5. The van der Waals surface area contributed by atoms with Crippen molar-refractivity contribution in [1.82, 2.24) is 0 Å². The fraction of sp³-hybridized carbons (Fsp3) is 0.667. The van der Waals surface area contributed by atoms with E-state index >= 15 is 0 Å². The van der Waals surface area contributed by atoms with Crippen LogP contribution in [0, 0.1) is 26.7 Å². The van der Waals surface area contributed by atoms with Gasteiger partial charge in [-0.25, -0.2) is 0 Å². The van der Waals surface area contributed by atoms with Crippen LogP contribution in [0.2, 0.25) is 0 Å². The Morgan fingerprint density at radius 2 is 1.43 bits per heavy atom. The van der Waals surface area contributed by atoms with Crippen LogP contribution >= 0.6 is 0 Å². The molecule has 1 rings (SSSR count). The van der Waals surface area contributed by atoms with E-state index in [2.05, 4.69) is 65.5 Å². The predicted molar refractivity (Wildman–Crippen MR) is 104 cm³/mol. The van der Waals surface area contributed by atoms with E-state index in [0.717, 1.165) is 5.92 Å². The topological polar surface area (TPSA) is 43.1 Å². The number of hydrogen-bond acceptors (Lipinski definition) is 1. The first kappa shape index (κ1) is 23.9. The van der Waals surface area contributed by atoms with Crippen LogP contribution in [-0.4, -0.2) is 5.91 Å². The van der Waals surface area contributed by atoms with Crippen LogP contribution in [-0.2, 0) is 4.79 Å². The van der Waals surface area contributed by atoms with Crippen LogP contribution in [0.1, 0.15) is 82.9 Å². The quantitative estimate of drug-likeness (QED) is 0.675. The minimum absolute atomic E-state index is 0.333. The lowest BCUT2D eigenvalue weighted by atomic mass is 9.98. The molecule has 0 aromatic heterocycles. The van der Waals surface area contributed by atoms with Crippen molar-refractivity contribution in [3.8, 4) is 0 Å². The molecule has 0 heterocycles. The Morgan fingerprint density at radius 3 is 1.74 bits per heavy atom. The minimum Gasteiger partial charge on any atom is -0.370 e. The number of hydrogen-bond donors (Lipinski definition) is 1. The monoisotopic (exact) mass is 321 g/mol. The summed E-state index contributed by atoms with van der Waals surface area (Å²) in [5, 5.41) is 0. The van der Waals surface area contributed by atoms with Gasteiger partial charge in [0, 0.05) is 6.92 Å². The van der Waals surface area contributed by atoms with Crippen molar-refractivity contribution in [2.75, 3.05) is 0 Å². The minimum atomic E-state index is -0.333. The highest BCUT2D eigenvalue weighted by Gasteiger charge is 1.98. The Kier molecular flexibility index (Phi) is 16.2. The fourth-order valence-corrected chi connectivity index (χ4v) is 2.14. The van der Waals surface area contributed by atoms with Gasteiger partial charge in [0.15, 0.2) is 0 Å². The molecular formula is C21H39NO. The normalized spacial score (nSPS) is 9.57. The third kappa shape index (κ3) is 18.6. The number of aryl methyl sites for hydroxylation is 3. The number of benzene rings is 1. The van der Waals surface area contributed by atoms with E-state index in [9.17, 15) is 4.79 Å². The van der Waals surface area contributed by atoms with E-state index < -0.39 is 0 Å². The zero-order chi connectivity index (χ0) is 18.3. The highest BCUT2D eigenvalue weighted by atomic mass is 16.1. The molecule has 2 N–H and O–H groups in total. The first-order valence-corrected chi connectivity index (χ1v) is 9.04. The van der Waals surface area contributed by atoms with Crippen molar-refractivity contribution in [1.29, 1.82) is 0 Å². The van der Waals surface area contributed by atoms with Crippen LogP contribution in [0.4, 0.5) is 0 Å². The van der Waals surface area contributed by atoms with Gasteiger partial charge in [-0.1, -0.05) is 83.1 Å². The Hall–Kier alpha value is -1.31. The van der Waals surface area contributed by atoms with Crippen molar-refractivity contribution in [2.45, 2.75) is 87.0 Å². The molecule has 0 unspecified atom stereocenters. The first-order chi connectivity index (χ1) is 10.7. The van der Waals surface area contributed by atoms with Gasteiger partial charge >= 0.3 is 0 Å². The Labute approximate surface area is 144 Å². The van der Waals surface area contributed by atoms with E-state index in [0.29, 0.717) is 0 Å². The average molecular weight is 322 g/mol. The van der Waals surface area contributed by atoms with Crippen LogP contribution < -0.4 is 5.73 Å². The summed E-state index contributed by atoms with van der Waals surface area (Å²) in [4.78, 5) is 9.22. The smallest absolute Gasteiger partial charge is 0.214 e. The molecule has 134 valence electrons. The summed E-state index contributed by atoms with van der Waals surface area (Å²) in [5.74, 6) is 0.639. The van der Waals surface area contributed by atoms with Crippen LogP contribution in [0.3, 0.4) is 0 Å². The molecule has 0 atom stereocenters. The van der Waals surface area contributed by atoms with Crippen molar-refractivity contribution in [3.63, 3.8) is 0 Å². The summed E-state index contributed by atoms with van der Waals surface area (Å²) >= 11 is 0. The Balaban J connectivity index is 0. The molecule has 2 nitrogen and oxygen atoms in total. The van der Waals surface area contributed by atoms with Crippen LogP contribution in [0.15, 0.2) is 18.2 Å². The second-order valence-electron chi connectivity index (χ2n) is 6.59. The van der Waals surface area contributed by atoms with Crippen molar-refractivity contribution < 1.29 is 4.79 Å². The molecule has 1 aromatic rings. The summed E-state index contributed by atoms with van der Waals surface area (Å²) in [5.41, 5.74) is 8.58. The number of unbranched alkanes of at least 4 members (excludes halogenated alkanes) is 2. The molecule has 1 amide bonds. The van der Waals surface area contributed by atoms with Gasteiger partial charge in [-0.2, -0.15) is 0 Å². The molecule has 0 aliphatic rings. The number of nitrogens with two attached hydrogens (primary N) is 1. The molecule has 23 heavy (non-hydrogen) atoms. The van der Waals surface area contributed by atoms with Crippen molar-refractivity contribution in [3.05, 3.63) is 34.9 Å². The summed E-state index contributed by atoms with van der Waals surface area (Å²) in [6.45, 7) is 14.6. The molecule has 0 spiro atoms. The second kappa shape index (κ2) is 15.6. The summed E-state index contributed by atoms with van der Waals surface area (Å²) in [6.07, 6.45) is 8.44. The molecule has 0 saturated carbocycles. The maximum absolute atomic E-state index is 9.22. The maximum atomic E-state index is 9.22. The lowest BCUT2D eigenvalue weighted by Gasteiger charge is -2.08. The van der Waals surface area contributed by atoms with Gasteiger partial charge in [-0.3, -0.25) is 4.79 Å². The van der Waals surface area contributed by atoms with Gasteiger partial charge in [0.2, 0.25) is 5.91 Å². The third-order valence-electron chi connectivity index (χ3n) is 3.76. The molecule has 0 bridgehead atoms. The summed E-state index contributed by atoms with van der Waals surface area (Å²) < 4.78 is 0. The van der Waals surface area contributed by atoms with Crippen molar-refractivity contribution >= 4 is 5.91 Å². The highest BCUT2D eigenvalue weighted by Crippen LogP contribution is 2.14. The molecule has 0 aliphatic heterocycles. The maximum Gasteiger partial charge on any atom is 0.214 e. The number of carbonyl (C=O) groups is 1. The lowest BCUT2D eigenvalue weighted by molar-refractivity contribution is -0.115. The van der Waals surface area contributed by atoms with Crippen molar-refractivity contribution in [2.24, 2.45) is 11.7 Å². The van der Waals surface area contributed by atoms with Gasteiger partial charge < -0.3 is 5.73 Å². The van der Waals surface area contributed by atoms with E-state index in [1.165, 1.54) is 62.1 Å². The second-order valence-corrected chi connectivity index (χ2v) is 6.59.